The molecule has 2 N–H and O–H groups in total. The normalized spacial score (nSPS) is 19.6. The molecule has 0 saturated heterocycles. The van der Waals surface area contributed by atoms with Crippen LogP contribution in [0.1, 0.15) is 19.8 Å². The molecule has 64 valence electrons. The minimum absolute atomic E-state index is 0.250. The Morgan fingerprint density at radius 3 is 3.09 bits per heavy atom. The molecule has 3 nitrogen and oxygen atoms in total. The molecule has 0 aromatic carbocycles. The topological polar surface area (TPSA) is 44.6 Å². The van der Waals surface area contributed by atoms with E-state index in [0.717, 1.165) is 25.3 Å². The predicted molar refractivity (Wildman–Crippen MR) is 45.8 cm³/mol. The third-order valence-corrected chi connectivity index (χ3v) is 1.84. The van der Waals surface area contributed by atoms with Gasteiger partial charge in [0.1, 0.15) is 0 Å². The Balaban J connectivity index is 2.11. The van der Waals surface area contributed by atoms with Crippen LogP contribution in [-0.4, -0.2) is 30.6 Å². The van der Waals surface area contributed by atoms with Gasteiger partial charge in [0.15, 0.2) is 0 Å². The Morgan fingerprint density at radius 2 is 2.55 bits per heavy atom. The number of aliphatic hydroxyl groups is 1. The minimum Gasteiger partial charge on any atom is -0.396 e. The van der Waals surface area contributed by atoms with E-state index in [9.17, 15) is 0 Å². The van der Waals surface area contributed by atoms with Gasteiger partial charge in [0.2, 0.25) is 0 Å². The molecule has 11 heavy (non-hydrogen) atoms. The summed E-state index contributed by atoms with van der Waals surface area (Å²) in [6.07, 6.45) is 2.26. The van der Waals surface area contributed by atoms with Gasteiger partial charge in [-0.3, -0.25) is 4.99 Å². The zero-order valence-electron chi connectivity index (χ0n) is 7.01. The van der Waals surface area contributed by atoms with Crippen LogP contribution in [0.5, 0.6) is 0 Å². The molecule has 3 heteroatoms. The highest BCUT2D eigenvalue weighted by Crippen LogP contribution is 2.01. The first-order chi connectivity index (χ1) is 5.33. The molecule has 0 bridgehead atoms. The van der Waals surface area contributed by atoms with Gasteiger partial charge in [-0.05, 0) is 12.3 Å². The van der Waals surface area contributed by atoms with Crippen molar-refractivity contribution in [3.05, 3.63) is 0 Å². The maximum Gasteiger partial charge on any atom is 0.0963 e. The second kappa shape index (κ2) is 4.34. The number of aliphatic hydroxyl groups excluding tert-OH is 1. The lowest BCUT2D eigenvalue weighted by Crippen LogP contribution is -2.28. The standard InChI is InChI=1S/C8H16N2O/c1-7(6-11)5-10-8-3-2-4-9-8/h7,11H,2-6H2,1H3,(H,9,10). The lowest BCUT2D eigenvalue weighted by Gasteiger charge is -2.09. The minimum atomic E-state index is 0.250. The van der Waals surface area contributed by atoms with Gasteiger partial charge in [-0.2, -0.15) is 0 Å². The lowest BCUT2D eigenvalue weighted by molar-refractivity contribution is 0.238. The van der Waals surface area contributed by atoms with Crippen LogP contribution in [0.4, 0.5) is 0 Å². The van der Waals surface area contributed by atoms with Crippen LogP contribution in [0.3, 0.4) is 0 Å². The molecule has 0 radical (unpaired) electrons. The van der Waals surface area contributed by atoms with Crippen LogP contribution >= 0.6 is 0 Å². The summed E-state index contributed by atoms with van der Waals surface area (Å²) in [6, 6.07) is 0. The van der Waals surface area contributed by atoms with Gasteiger partial charge >= 0.3 is 0 Å². The summed E-state index contributed by atoms with van der Waals surface area (Å²) >= 11 is 0. The molecule has 1 rings (SSSR count). The summed E-state index contributed by atoms with van der Waals surface area (Å²) in [5.74, 6) is 1.45. The number of rotatable bonds is 3. The molecule has 1 atom stereocenters. The summed E-state index contributed by atoms with van der Waals surface area (Å²) in [4.78, 5) is 4.27. The molecule has 0 spiro atoms. The summed E-state index contributed by atoms with van der Waals surface area (Å²) in [7, 11) is 0. The van der Waals surface area contributed by atoms with E-state index in [1.54, 1.807) is 0 Å². The molecule has 0 aromatic rings. The van der Waals surface area contributed by atoms with Crippen LogP contribution in [0.15, 0.2) is 4.99 Å². The maximum atomic E-state index is 8.73. The van der Waals surface area contributed by atoms with Crippen molar-refractivity contribution in [1.29, 1.82) is 0 Å². The van der Waals surface area contributed by atoms with Gasteiger partial charge < -0.3 is 10.4 Å². The number of nitrogens with zero attached hydrogens (tertiary/aromatic N) is 1. The second-order valence-electron chi connectivity index (χ2n) is 3.10. The van der Waals surface area contributed by atoms with Crippen LogP contribution in [0.25, 0.3) is 0 Å². The van der Waals surface area contributed by atoms with Crippen molar-refractivity contribution in [3.63, 3.8) is 0 Å². The van der Waals surface area contributed by atoms with Crippen LogP contribution in [-0.2, 0) is 0 Å². The zero-order valence-corrected chi connectivity index (χ0v) is 7.01. The number of hydrogen-bond acceptors (Lipinski definition) is 3. The smallest absolute Gasteiger partial charge is 0.0963 e. The Bertz CT molecular complexity index is 145. The monoisotopic (exact) mass is 156 g/mol. The van der Waals surface area contributed by atoms with E-state index in [1.807, 2.05) is 6.92 Å². The zero-order chi connectivity index (χ0) is 8.10. The van der Waals surface area contributed by atoms with Crippen molar-refractivity contribution >= 4 is 5.84 Å². The van der Waals surface area contributed by atoms with Crippen molar-refractivity contribution in [2.45, 2.75) is 19.8 Å². The Labute approximate surface area is 67.5 Å². The summed E-state index contributed by atoms with van der Waals surface area (Å²) in [5, 5.41) is 12.0. The highest BCUT2D eigenvalue weighted by Gasteiger charge is 2.06. The third-order valence-electron chi connectivity index (χ3n) is 1.84. The SMILES string of the molecule is CC(CO)CNC1=NCCC1. The molecule has 0 saturated carbocycles. The summed E-state index contributed by atoms with van der Waals surface area (Å²) in [5.41, 5.74) is 0. The molecule has 0 amide bonds. The predicted octanol–water partition coefficient (Wildman–Crippen LogP) is 0.397. The Hall–Kier alpha value is -0.570. The van der Waals surface area contributed by atoms with Crippen LogP contribution in [0.2, 0.25) is 0 Å². The van der Waals surface area contributed by atoms with Gasteiger partial charge in [-0.25, -0.2) is 0 Å². The fourth-order valence-corrected chi connectivity index (χ4v) is 1.04. The van der Waals surface area contributed by atoms with Gasteiger partial charge in [0.25, 0.3) is 0 Å². The quantitative estimate of drug-likeness (QED) is 0.621. The molecule has 1 aliphatic rings. The van der Waals surface area contributed by atoms with E-state index in [0.29, 0.717) is 5.92 Å². The maximum absolute atomic E-state index is 8.73. The average molecular weight is 156 g/mol. The fraction of sp³-hybridized carbons (Fsp3) is 0.875. The molecule has 0 aromatic heterocycles. The largest absolute Gasteiger partial charge is 0.396 e. The molecular weight excluding hydrogens is 140 g/mol. The first-order valence-corrected chi connectivity index (χ1v) is 4.21. The third kappa shape index (κ3) is 2.89. The number of amidine groups is 1. The van der Waals surface area contributed by atoms with Crippen molar-refractivity contribution < 1.29 is 5.11 Å². The molecule has 1 aliphatic heterocycles. The first-order valence-electron chi connectivity index (χ1n) is 4.21. The number of aliphatic imine (C=N–C) groups is 1. The van der Waals surface area contributed by atoms with Gasteiger partial charge in [-0.15, -0.1) is 0 Å². The van der Waals surface area contributed by atoms with Gasteiger partial charge in [0, 0.05) is 26.1 Å². The number of hydrogen-bond donors (Lipinski definition) is 2. The van der Waals surface area contributed by atoms with Gasteiger partial charge in [-0.1, -0.05) is 6.92 Å². The van der Waals surface area contributed by atoms with E-state index in [1.165, 1.54) is 6.42 Å². The van der Waals surface area contributed by atoms with Crippen molar-refractivity contribution in [2.75, 3.05) is 19.7 Å². The van der Waals surface area contributed by atoms with Crippen molar-refractivity contribution in [2.24, 2.45) is 10.9 Å². The Morgan fingerprint density at radius 1 is 1.73 bits per heavy atom. The molecular formula is C8H16N2O. The number of nitrogens with one attached hydrogen (secondary N) is 1. The Kier molecular flexibility index (Phi) is 3.36. The highest BCUT2D eigenvalue weighted by molar-refractivity contribution is 5.83. The van der Waals surface area contributed by atoms with E-state index < -0.39 is 0 Å². The molecule has 1 heterocycles. The lowest BCUT2D eigenvalue weighted by atomic mass is 10.2. The van der Waals surface area contributed by atoms with Crippen molar-refractivity contribution in [3.8, 4) is 0 Å². The summed E-state index contributed by atoms with van der Waals surface area (Å²) in [6.45, 7) is 4.08. The summed E-state index contributed by atoms with van der Waals surface area (Å²) < 4.78 is 0. The molecule has 0 fully saturated rings. The van der Waals surface area contributed by atoms with Crippen LogP contribution < -0.4 is 5.32 Å². The van der Waals surface area contributed by atoms with E-state index in [2.05, 4.69) is 10.3 Å². The molecule has 1 unspecified atom stereocenters. The molecule has 0 aliphatic carbocycles. The van der Waals surface area contributed by atoms with E-state index in [-0.39, 0.29) is 6.61 Å². The average Bonchev–Trinajstić information content (AvgIpc) is 2.52. The van der Waals surface area contributed by atoms with E-state index >= 15 is 0 Å². The van der Waals surface area contributed by atoms with Gasteiger partial charge in [0.05, 0.1) is 5.84 Å². The van der Waals surface area contributed by atoms with Crippen molar-refractivity contribution in [1.82, 2.24) is 5.32 Å². The second-order valence-corrected chi connectivity index (χ2v) is 3.10. The fourth-order valence-electron chi connectivity index (χ4n) is 1.04. The highest BCUT2D eigenvalue weighted by atomic mass is 16.3. The first kappa shape index (κ1) is 8.53. The van der Waals surface area contributed by atoms with Crippen LogP contribution in [0, 0.1) is 5.92 Å². The van der Waals surface area contributed by atoms with E-state index in [4.69, 9.17) is 5.11 Å².